The molecule has 2 heterocycles. The summed E-state index contributed by atoms with van der Waals surface area (Å²) >= 11 is 0. The van der Waals surface area contributed by atoms with Crippen LogP contribution < -0.4 is 4.74 Å². The van der Waals surface area contributed by atoms with E-state index in [4.69, 9.17) is 19.3 Å². The minimum Gasteiger partial charge on any atom is -0.487 e. The van der Waals surface area contributed by atoms with Crippen molar-refractivity contribution in [1.82, 2.24) is 9.78 Å². The minimum absolute atomic E-state index is 0.0289. The quantitative estimate of drug-likeness (QED) is 0.554. The lowest BCUT2D eigenvalue weighted by molar-refractivity contribution is -0.262. The standard InChI is InChI=1S/C27H32N2O5/c1-18-6-10-21(11-7-18)29-22(14-24(28-29)26(2,3)4)17-32-23-12-8-19(9-13-23)20-15-33-27(5,25(30)31)34-16-20/h6-14,20H,15-17H2,1-5H3,(H,30,31). The Morgan fingerprint density at radius 3 is 2.29 bits per heavy atom. The molecule has 0 saturated carbocycles. The Kier molecular flexibility index (Phi) is 6.51. The van der Waals surface area contributed by atoms with E-state index < -0.39 is 11.8 Å². The molecule has 7 nitrogen and oxygen atoms in total. The molecule has 0 unspecified atom stereocenters. The van der Waals surface area contributed by atoms with E-state index in [9.17, 15) is 9.90 Å². The van der Waals surface area contributed by atoms with Crippen LogP contribution >= 0.6 is 0 Å². The molecule has 0 amide bonds. The summed E-state index contributed by atoms with van der Waals surface area (Å²) in [5.74, 6) is -1.98. The van der Waals surface area contributed by atoms with Crippen LogP contribution in [0.5, 0.6) is 5.75 Å². The zero-order valence-electron chi connectivity index (χ0n) is 20.4. The zero-order valence-corrected chi connectivity index (χ0v) is 20.4. The predicted octanol–water partition coefficient (Wildman–Crippen LogP) is 4.99. The fourth-order valence-corrected chi connectivity index (χ4v) is 3.72. The number of rotatable bonds is 6. The Balaban J connectivity index is 1.46. The first-order chi connectivity index (χ1) is 16.0. The van der Waals surface area contributed by atoms with Crippen LogP contribution in [-0.4, -0.2) is 39.9 Å². The van der Waals surface area contributed by atoms with E-state index in [-0.39, 0.29) is 24.5 Å². The second-order valence-corrected chi connectivity index (χ2v) is 9.95. The normalized spacial score (nSPS) is 20.8. The molecule has 0 spiro atoms. The van der Waals surface area contributed by atoms with Gasteiger partial charge in [0.15, 0.2) is 0 Å². The summed E-state index contributed by atoms with van der Waals surface area (Å²) in [6, 6.07) is 18.2. The molecular formula is C27H32N2O5. The molecule has 1 fully saturated rings. The molecule has 0 atom stereocenters. The molecule has 1 aromatic heterocycles. The lowest BCUT2D eigenvalue weighted by Gasteiger charge is -2.34. The minimum atomic E-state index is -1.58. The summed E-state index contributed by atoms with van der Waals surface area (Å²) < 4.78 is 19.0. The lowest BCUT2D eigenvalue weighted by Crippen LogP contribution is -2.47. The van der Waals surface area contributed by atoms with E-state index in [1.54, 1.807) is 0 Å². The van der Waals surface area contributed by atoms with Crippen molar-refractivity contribution in [2.24, 2.45) is 0 Å². The molecule has 0 aliphatic carbocycles. The molecule has 3 aromatic rings. The second-order valence-electron chi connectivity index (χ2n) is 9.95. The number of benzene rings is 2. The van der Waals surface area contributed by atoms with Gasteiger partial charge in [-0.2, -0.15) is 5.10 Å². The molecule has 0 bridgehead atoms. The van der Waals surface area contributed by atoms with Crippen LogP contribution in [0.3, 0.4) is 0 Å². The van der Waals surface area contributed by atoms with E-state index in [0.717, 1.165) is 28.4 Å². The number of aliphatic carboxylic acids is 1. The van der Waals surface area contributed by atoms with Gasteiger partial charge in [0.2, 0.25) is 0 Å². The highest BCUT2D eigenvalue weighted by molar-refractivity contribution is 5.75. The Labute approximate surface area is 200 Å². The Morgan fingerprint density at radius 1 is 1.12 bits per heavy atom. The van der Waals surface area contributed by atoms with Crippen LogP contribution in [0.15, 0.2) is 54.6 Å². The van der Waals surface area contributed by atoms with E-state index in [1.807, 2.05) is 28.9 Å². The van der Waals surface area contributed by atoms with Crippen molar-refractivity contribution >= 4 is 5.97 Å². The summed E-state index contributed by atoms with van der Waals surface area (Å²) in [7, 11) is 0. The Hall–Kier alpha value is -3.16. The highest BCUT2D eigenvalue weighted by atomic mass is 16.7. The molecule has 2 aromatic carbocycles. The topological polar surface area (TPSA) is 82.8 Å². The number of carbonyl (C=O) groups is 1. The Morgan fingerprint density at radius 2 is 1.74 bits per heavy atom. The molecule has 34 heavy (non-hydrogen) atoms. The van der Waals surface area contributed by atoms with Crippen molar-refractivity contribution in [2.75, 3.05) is 13.2 Å². The molecular weight excluding hydrogens is 432 g/mol. The van der Waals surface area contributed by atoms with Crippen molar-refractivity contribution < 1.29 is 24.1 Å². The van der Waals surface area contributed by atoms with E-state index in [2.05, 4.69) is 58.0 Å². The van der Waals surface area contributed by atoms with Gasteiger partial charge in [-0.3, -0.25) is 0 Å². The largest absolute Gasteiger partial charge is 0.487 e. The fourth-order valence-electron chi connectivity index (χ4n) is 3.72. The van der Waals surface area contributed by atoms with Gasteiger partial charge < -0.3 is 19.3 Å². The van der Waals surface area contributed by atoms with Crippen LogP contribution in [0.4, 0.5) is 0 Å². The number of ether oxygens (including phenoxy) is 3. The monoisotopic (exact) mass is 464 g/mol. The number of nitrogens with zero attached hydrogens (tertiary/aromatic N) is 2. The van der Waals surface area contributed by atoms with Gasteiger partial charge in [-0.15, -0.1) is 0 Å². The molecule has 1 aliphatic rings. The van der Waals surface area contributed by atoms with Gasteiger partial charge in [0, 0.05) is 18.3 Å². The van der Waals surface area contributed by atoms with Crippen molar-refractivity contribution in [3.63, 3.8) is 0 Å². The first kappa shape index (κ1) is 24.0. The zero-order chi connectivity index (χ0) is 24.5. The third kappa shape index (κ3) is 5.16. The maximum atomic E-state index is 11.3. The number of aromatic nitrogens is 2. The first-order valence-corrected chi connectivity index (χ1v) is 11.5. The average molecular weight is 465 g/mol. The highest BCUT2D eigenvalue weighted by Crippen LogP contribution is 2.29. The molecule has 1 N–H and O–H groups in total. The number of carboxylic acid groups (broad SMARTS) is 1. The van der Waals surface area contributed by atoms with Crippen LogP contribution in [0.1, 0.15) is 56.1 Å². The predicted molar refractivity (Wildman–Crippen MR) is 128 cm³/mol. The summed E-state index contributed by atoms with van der Waals surface area (Å²) in [4.78, 5) is 11.3. The Bertz CT molecular complexity index is 1140. The van der Waals surface area contributed by atoms with Crippen molar-refractivity contribution in [1.29, 1.82) is 0 Å². The molecule has 7 heteroatoms. The maximum absolute atomic E-state index is 11.3. The van der Waals surface area contributed by atoms with Gasteiger partial charge in [-0.05, 0) is 42.8 Å². The van der Waals surface area contributed by atoms with Crippen molar-refractivity contribution in [2.45, 2.75) is 58.3 Å². The summed E-state index contributed by atoms with van der Waals surface area (Å²) in [5, 5.41) is 14.1. The van der Waals surface area contributed by atoms with E-state index in [1.165, 1.54) is 12.5 Å². The van der Waals surface area contributed by atoms with E-state index in [0.29, 0.717) is 6.61 Å². The van der Waals surface area contributed by atoms with Crippen LogP contribution in [0.2, 0.25) is 0 Å². The maximum Gasteiger partial charge on any atom is 0.364 e. The summed E-state index contributed by atoms with van der Waals surface area (Å²) in [6.45, 7) is 10.9. The second kappa shape index (κ2) is 9.24. The fraction of sp³-hybridized carbons (Fsp3) is 0.407. The molecule has 180 valence electrons. The highest BCUT2D eigenvalue weighted by Gasteiger charge is 2.40. The van der Waals surface area contributed by atoms with Gasteiger partial charge in [0.05, 0.1) is 30.3 Å². The van der Waals surface area contributed by atoms with Crippen LogP contribution in [0, 0.1) is 6.92 Å². The van der Waals surface area contributed by atoms with E-state index >= 15 is 0 Å². The van der Waals surface area contributed by atoms with Gasteiger partial charge >= 0.3 is 5.97 Å². The summed E-state index contributed by atoms with van der Waals surface area (Å²) in [6.07, 6.45) is 0. The van der Waals surface area contributed by atoms with Gasteiger partial charge in [0.25, 0.3) is 5.79 Å². The first-order valence-electron chi connectivity index (χ1n) is 11.5. The molecule has 0 radical (unpaired) electrons. The molecule has 1 aliphatic heterocycles. The van der Waals surface area contributed by atoms with Gasteiger partial charge in [-0.1, -0.05) is 50.6 Å². The van der Waals surface area contributed by atoms with Crippen LogP contribution in [0.25, 0.3) is 5.69 Å². The smallest absolute Gasteiger partial charge is 0.364 e. The third-order valence-electron chi connectivity index (χ3n) is 6.08. The van der Waals surface area contributed by atoms with Crippen LogP contribution in [-0.2, 0) is 26.3 Å². The van der Waals surface area contributed by atoms with Gasteiger partial charge in [0.1, 0.15) is 12.4 Å². The molecule has 1 saturated heterocycles. The van der Waals surface area contributed by atoms with Gasteiger partial charge in [-0.25, -0.2) is 9.48 Å². The number of carboxylic acids is 1. The van der Waals surface area contributed by atoms with Crippen molar-refractivity contribution in [3.8, 4) is 11.4 Å². The number of hydrogen-bond acceptors (Lipinski definition) is 5. The summed E-state index contributed by atoms with van der Waals surface area (Å²) in [5.41, 5.74) is 5.12. The van der Waals surface area contributed by atoms with Crippen molar-refractivity contribution in [3.05, 3.63) is 77.1 Å². The lowest BCUT2D eigenvalue weighted by atomic mass is 9.92. The molecule has 4 rings (SSSR count). The number of aryl methyl sites for hydroxylation is 1. The average Bonchev–Trinajstić information content (AvgIpc) is 3.24. The SMILES string of the molecule is Cc1ccc(-n2nc(C(C)(C)C)cc2COc2ccc(C3COC(C)(C(=O)O)OC3)cc2)cc1. The number of hydrogen-bond donors (Lipinski definition) is 1. The third-order valence-corrected chi connectivity index (χ3v) is 6.08.